The molecule has 0 aliphatic heterocycles. The van der Waals surface area contributed by atoms with E-state index in [1.807, 2.05) is 6.92 Å². The molecule has 0 fully saturated rings. The van der Waals surface area contributed by atoms with Gasteiger partial charge in [0.25, 0.3) is 0 Å². The highest BCUT2D eigenvalue weighted by molar-refractivity contribution is 5.97. The Labute approximate surface area is 78.8 Å². The molecule has 0 aliphatic carbocycles. The van der Waals surface area contributed by atoms with Crippen molar-refractivity contribution in [1.29, 1.82) is 0 Å². The van der Waals surface area contributed by atoms with Gasteiger partial charge in [-0.25, -0.2) is 0 Å². The van der Waals surface area contributed by atoms with E-state index >= 15 is 0 Å². The van der Waals surface area contributed by atoms with E-state index in [-0.39, 0.29) is 5.78 Å². The summed E-state index contributed by atoms with van der Waals surface area (Å²) in [5.74, 6) is -0.0619. The van der Waals surface area contributed by atoms with Gasteiger partial charge in [0.05, 0.1) is 0 Å². The molecule has 0 amide bonds. The van der Waals surface area contributed by atoms with Crippen LogP contribution in [0.15, 0.2) is 35.2 Å². The largest absolute Gasteiger partial charge is 0.402 e. The first kappa shape index (κ1) is 11.5. The average Bonchev–Trinajstić information content (AvgIpc) is 1.97. The van der Waals surface area contributed by atoms with Crippen LogP contribution in [0.25, 0.3) is 0 Å². The molecule has 0 rings (SSSR count). The van der Waals surface area contributed by atoms with Crippen molar-refractivity contribution in [3.8, 4) is 0 Å². The van der Waals surface area contributed by atoms with Crippen molar-refractivity contribution >= 4 is 5.78 Å². The number of ketones is 1. The van der Waals surface area contributed by atoms with Crippen molar-refractivity contribution in [3.05, 3.63) is 35.2 Å². The molecule has 0 aliphatic rings. The smallest absolute Gasteiger partial charge is 0.161 e. The van der Waals surface area contributed by atoms with Crippen LogP contribution in [0.4, 0.5) is 0 Å². The van der Waals surface area contributed by atoms with Crippen molar-refractivity contribution < 1.29 is 4.79 Å². The quantitative estimate of drug-likeness (QED) is 0.507. The molecule has 0 aromatic heterocycles. The molecule has 0 aromatic carbocycles. The van der Waals surface area contributed by atoms with Crippen molar-refractivity contribution in [1.82, 2.24) is 0 Å². The molecule has 3 heteroatoms. The van der Waals surface area contributed by atoms with Crippen molar-refractivity contribution in [2.45, 2.75) is 20.8 Å². The van der Waals surface area contributed by atoms with Crippen LogP contribution in [0.1, 0.15) is 20.8 Å². The summed E-state index contributed by atoms with van der Waals surface area (Å²) in [5, 5.41) is 0. The second-order valence-corrected chi connectivity index (χ2v) is 2.81. The van der Waals surface area contributed by atoms with E-state index in [1.165, 1.54) is 6.92 Å². The molecule has 0 aromatic rings. The summed E-state index contributed by atoms with van der Waals surface area (Å²) in [6, 6.07) is 0. The van der Waals surface area contributed by atoms with Crippen LogP contribution >= 0.6 is 0 Å². The van der Waals surface area contributed by atoms with Gasteiger partial charge in [-0.2, -0.15) is 0 Å². The SMILES string of the molecule is C\C=C/C(C(C)=O)=C(N)/C=C(/C)N. The van der Waals surface area contributed by atoms with Gasteiger partial charge in [0, 0.05) is 17.0 Å². The van der Waals surface area contributed by atoms with Gasteiger partial charge < -0.3 is 11.5 Å². The number of rotatable bonds is 3. The first-order valence-corrected chi connectivity index (χ1v) is 4.06. The fourth-order valence-electron chi connectivity index (χ4n) is 0.907. The Morgan fingerprint density at radius 3 is 2.08 bits per heavy atom. The van der Waals surface area contributed by atoms with E-state index < -0.39 is 0 Å². The van der Waals surface area contributed by atoms with E-state index in [1.54, 1.807) is 25.2 Å². The fourth-order valence-corrected chi connectivity index (χ4v) is 0.907. The Morgan fingerprint density at radius 1 is 1.23 bits per heavy atom. The van der Waals surface area contributed by atoms with Crippen molar-refractivity contribution in [2.75, 3.05) is 0 Å². The summed E-state index contributed by atoms with van der Waals surface area (Å²) < 4.78 is 0. The van der Waals surface area contributed by atoms with Crippen LogP contribution in [0.2, 0.25) is 0 Å². The molecule has 0 spiro atoms. The van der Waals surface area contributed by atoms with Crippen LogP contribution in [0.5, 0.6) is 0 Å². The summed E-state index contributed by atoms with van der Waals surface area (Å²) in [6.07, 6.45) is 5.02. The number of Topliss-reactive ketones (excluding diaryl/α,β-unsaturated/α-hetero) is 1. The zero-order valence-electron chi connectivity index (χ0n) is 8.29. The number of carbonyl (C=O) groups excluding carboxylic acids is 1. The van der Waals surface area contributed by atoms with E-state index in [0.717, 1.165) is 0 Å². The highest BCUT2D eigenvalue weighted by Crippen LogP contribution is 2.05. The minimum Gasteiger partial charge on any atom is -0.402 e. The van der Waals surface area contributed by atoms with Gasteiger partial charge in [-0.15, -0.1) is 0 Å². The number of nitrogens with two attached hydrogens (primary N) is 2. The third-order valence-corrected chi connectivity index (χ3v) is 1.41. The first-order valence-electron chi connectivity index (χ1n) is 4.06. The predicted molar refractivity (Wildman–Crippen MR) is 54.7 cm³/mol. The molecular formula is C10H16N2O. The van der Waals surface area contributed by atoms with Gasteiger partial charge >= 0.3 is 0 Å². The normalized spacial score (nSPS) is 14.5. The fraction of sp³-hybridized carbons (Fsp3) is 0.300. The third kappa shape index (κ3) is 4.15. The van der Waals surface area contributed by atoms with Gasteiger partial charge in [0.2, 0.25) is 0 Å². The molecule has 0 heterocycles. The van der Waals surface area contributed by atoms with Gasteiger partial charge in [-0.05, 0) is 26.8 Å². The van der Waals surface area contributed by atoms with Crippen LogP contribution in [0.3, 0.4) is 0 Å². The molecule has 72 valence electrons. The van der Waals surface area contributed by atoms with Gasteiger partial charge in [0.15, 0.2) is 5.78 Å². The summed E-state index contributed by atoms with van der Waals surface area (Å²) in [6.45, 7) is 5.03. The Bertz CT molecular complexity index is 281. The molecule has 0 saturated heterocycles. The molecule has 4 N–H and O–H groups in total. The Balaban J connectivity index is 5.09. The lowest BCUT2D eigenvalue weighted by molar-refractivity contribution is -0.113. The Morgan fingerprint density at radius 2 is 1.77 bits per heavy atom. The van der Waals surface area contributed by atoms with E-state index in [9.17, 15) is 4.79 Å². The number of hydrogen-bond acceptors (Lipinski definition) is 3. The maximum Gasteiger partial charge on any atom is 0.161 e. The summed E-state index contributed by atoms with van der Waals surface area (Å²) in [5.41, 5.74) is 12.6. The molecule has 0 bridgehead atoms. The minimum atomic E-state index is -0.0619. The van der Waals surface area contributed by atoms with E-state index in [4.69, 9.17) is 11.5 Å². The molecule has 0 radical (unpaired) electrons. The van der Waals surface area contributed by atoms with Crippen LogP contribution in [-0.4, -0.2) is 5.78 Å². The van der Waals surface area contributed by atoms with Crippen LogP contribution in [-0.2, 0) is 4.79 Å². The summed E-state index contributed by atoms with van der Waals surface area (Å²) >= 11 is 0. The minimum absolute atomic E-state index is 0.0619. The summed E-state index contributed by atoms with van der Waals surface area (Å²) in [7, 11) is 0. The van der Waals surface area contributed by atoms with E-state index in [0.29, 0.717) is 17.0 Å². The standard InChI is InChI=1S/C10H16N2O/c1-4-5-9(8(3)13)10(12)6-7(2)11/h4-6H,11-12H2,1-3H3/b5-4-,7-6-,10-9+. The lowest BCUT2D eigenvalue weighted by atomic mass is 10.1. The van der Waals surface area contributed by atoms with Gasteiger partial charge in [-0.1, -0.05) is 12.2 Å². The molecule has 13 heavy (non-hydrogen) atoms. The lowest BCUT2D eigenvalue weighted by Gasteiger charge is -2.00. The van der Waals surface area contributed by atoms with E-state index in [2.05, 4.69) is 0 Å². The molecule has 0 saturated carbocycles. The summed E-state index contributed by atoms with van der Waals surface area (Å²) in [4.78, 5) is 11.1. The second kappa shape index (κ2) is 5.19. The molecule has 0 atom stereocenters. The van der Waals surface area contributed by atoms with Crippen molar-refractivity contribution in [2.24, 2.45) is 11.5 Å². The van der Waals surface area contributed by atoms with Gasteiger partial charge in [0.1, 0.15) is 0 Å². The van der Waals surface area contributed by atoms with Crippen molar-refractivity contribution in [3.63, 3.8) is 0 Å². The average molecular weight is 180 g/mol. The molecule has 0 unspecified atom stereocenters. The first-order chi connectivity index (χ1) is 5.99. The highest BCUT2D eigenvalue weighted by Gasteiger charge is 2.02. The lowest BCUT2D eigenvalue weighted by Crippen LogP contribution is -2.07. The number of hydrogen-bond donors (Lipinski definition) is 2. The monoisotopic (exact) mass is 180 g/mol. The molecule has 3 nitrogen and oxygen atoms in total. The number of carbonyl (C=O) groups is 1. The predicted octanol–water partition coefficient (Wildman–Crippen LogP) is 1.23. The second-order valence-electron chi connectivity index (χ2n) is 2.81. The zero-order valence-corrected chi connectivity index (χ0v) is 8.29. The maximum atomic E-state index is 11.1. The third-order valence-electron chi connectivity index (χ3n) is 1.41. The Kier molecular flexibility index (Phi) is 4.59. The topological polar surface area (TPSA) is 69.1 Å². The number of allylic oxidation sites excluding steroid dienone is 5. The van der Waals surface area contributed by atoms with Crippen LogP contribution < -0.4 is 11.5 Å². The maximum absolute atomic E-state index is 11.1. The van der Waals surface area contributed by atoms with Gasteiger partial charge in [-0.3, -0.25) is 4.79 Å². The Hall–Kier alpha value is -1.51. The molecular weight excluding hydrogens is 164 g/mol. The zero-order chi connectivity index (χ0) is 10.4. The highest BCUT2D eigenvalue weighted by atomic mass is 16.1. The van der Waals surface area contributed by atoms with Crippen LogP contribution in [0, 0.1) is 0 Å².